The molecule has 1 saturated heterocycles. The minimum absolute atomic E-state index is 0.00702. The minimum Gasteiger partial charge on any atom is -0.469 e. The summed E-state index contributed by atoms with van der Waals surface area (Å²) < 4.78 is 52.8. The molecule has 2 amide bonds. The summed E-state index contributed by atoms with van der Waals surface area (Å²) in [4.78, 5) is 37.4. The lowest BCUT2D eigenvalue weighted by Crippen LogP contribution is -2.46. The highest BCUT2D eigenvalue weighted by molar-refractivity contribution is 6.32. The molecule has 2 aliphatic rings. The van der Waals surface area contributed by atoms with E-state index in [1.54, 1.807) is 13.8 Å². The molecule has 2 N–H and O–H groups in total. The highest BCUT2D eigenvalue weighted by Gasteiger charge is 2.38. The van der Waals surface area contributed by atoms with Gasteiger partial charge in [0.2, 0.25) is 5.75 Å². The summed E-state index contributed by atoms with van der Waals surface area (Å²) in [6.45, 7) is 5.64. The van der Waals surface area contributed by atoms with Gasteiger partial charge in [-0.25, -0.2) is 4.98 Å². The molecule has 216 valence electrons. The lowest BCUT2D eigenvalue weighted by atomic mass is 10.1. The van der Waals surface area contributed by atoms with Gasteiger partial charge in [0, 0.05) is 43.1 Å². The molecule has 2 aromatic carbocycles. The Balaban J connectivity index is 1.40. The highest BCUT2D eigenvalue weighted by Crippen LogP contribution is 2.42. The lowest BCUT2D eigenvalue weighted by molar-refractivity contribution is -0.137. The van der Waals surface area contributed by atoms with E-state index in [2.05, 4.69) is 25.5 Å². The van der Waals surface area contributed by atoms with Crippen LogP contribution in [0.15, 0.2) is 42.7 Å². The van der Waals surface area contributed by atoms with Crippen molar-refractivity contribution in [2.45, 2.75) is 25.6 Å². The number of carbonyl (C=O) groups excluding carboxylic acids is 2. The van der Waals surface area contributed by atoms with E-state index in [-0.39, 0.29) is 39.5 Å². The Morgan fingerprint density at radius 2 is 1.85 bits per heavy atom. The number of benzene rings is 2. The average molecular weight is 591 g/mol. The maximum atomic E-state index is 13.7. The van der Waals surface area contributed by atoms with Crippen molar-refractivity contribution in [2.24, 2.45) is 0 Å². The van der Waals surface area contributed by atoms with Gasteiger partial charge in [-0.2, -0.15) is 18.2 Å². The third kappa shape index (κ3) is 6.15. The van der Waals surface area contributed by atoms with Crippen molar-refractivity contribution >= 4 is 40.6 Å². The topological polar surface area (TPSA) is 109 Å². The number of nitrogens with zero attached hydrogens (tertiary/aromatic N) is 4. The molecule has 2 aliphatic heterocycles. The van der Waals surface area contributed by atoms with Crippen LogP contribution in [0, 0.1) is 0 Å². The number of halogens is 4. The number of hydrogen-bond donors (Lipinski definition) is 2. The van der Waals surface area contributed by atoms with E-state index in [1.807, 2.05) is 11.9 Å². The third-order valence-electron chi connectivity index (χ3n) is 6.68. The molecule has 10 nitrogen and oxygen atoms in total. The smallest absolute Gasteiger partial charge is 0.416 e. The van der Waals surface area contributed by atoms with Gasteiger partial charge in [0.15, 0.2) is 11.4 Å². The van der Waals surface area contributed by atoms with Gasteiger partial charge >= 0.3 is 6.18 Å². The number of alkyl halides is 3. The van der Waals surface area contributed by atoms with E-state index in [4.69, 9.17) is 21.1 Å². The second-order valence-electron chi connectivity index (χ2n) is 10.2. The predicted molar refractivity (Wildman–Crippen MR) is 146 cm³/mol. The third-order valence-corrected chi connectivity index (χ3v) is 6.99. The Morgan fingerprint density at radius 1 is 1.12 bits per heavy atom. The fraction of sp³-hybridized carbons (Fsp3) is 0.333. The molecule has 3 aromatic rings. The van der Waals surface area contributed by atoms with Gasteiger partial charge in [0.25, 0.3) is 17.7 Å². The number of aromatic nitrogens is 2. The van der Waals surface area contributed by atoms with Crippen molar-refractivity contribution in [3.63, 3.8) is 0 Å². The van der Waals surface area contributed by atoms with Crippen molar-refractivity contribution in [3.8, 4) is 17.4 Å². The predicted octanol–water partition coefficient (Wildman–Crippen LogP) is 5.05. The first-order chi connectivity index (χ1) is 19.3. The first-order valence-electron chi connectivity index (χ1n) is 12.6. The number of hydrogen-bond acceptors (Lipinski definition) is 8. The number of fused-ring (bicyclic) bond motifs is 1. The van der Waals surface area contributed by atoms with Crippen LogP contribution in [-0.4, -0.2) is 65.5 Å². The van der Waals surface area contributed by atoms with Gasteiger partial charge in [-0.15, -0.1) is 0 Å². The Bertz CT molecular complexity index is 1510. The summed E-state index contributed by atoms with van der Waals surface area (Å²) in [7, 11) is 1.95. The molecule has 0 radical (unpaired) electrons. The van der Waals surface area contributed by atoms with E-state index in [0.717, 1.165) is 18.5 Å². The van der Waals surface area contributed by atoms with Crippen LogP contribution < -0.4 is 25.0 Å². The van der Waals surface area contributed by atoms with Crippen LogP contribution in [0.1, 0.15) is 29.8 Å². The molecule has 41 heavy (non-hydrogen) atoms. The second-order valence-corrected chi connectivity index (χ2v) is 10.6. The van der Waals surface area contributed by atoms with Crippen molar-refractivity contribution < 1.29 is 32.2 Å². The van der Waals surface area contributed by atoms with Crippen molar-refractivity contribution in [1.82, 2.24) is 14.9 Å². The van der Waals surface area contributed by atoms with Gasteiger partial charge in [-0.05, 0) is 57.3 Å². The summed E-state index contributed by atoms with van der Waals surface area (Å²) in [6, 6.07) is 7.65. The van der Waals surface area contributed by atoms with Crippen LogP contribution in [0.5, 0.6) is 17.4 Å². The van der Waals surface area contributed by atoms with Gasteiger partial charge in [-0.1, -0.05) is 11.6 Å². The van der Waals surface area contributed by atoms with E-state index in [0.29, 0.717) is 31.9 Å². The molecule has 3 heterocycles. The molecular formula is C27H26ClF3N6O4. The number of nitrogens with one attached hydrogen (secondary N) is 2. The molecule has 14 heteroatoms. The van der Waals surface area contributed by atoms with Gasteiger partial charge in [0.05, 0.1) is 10.6 Å². The van der Waals surface area contributed by atoms with Crippen LogP contribution in [0.3, 0.4) is 0 Å². The molecule has 0 saturated carbocycles. The van der Waals surface area contributed by atoms with Gasteiger partial charge in [-0.3, -0.25) is 9.59 Å². The van der Waals surface area contributed by atoms with Gasteiger partial charge < -0.3 is 29.9 Å². The molecule has 1 fully saturated rings. The number of ether oxygens (including phenoxy) is 2. The van der Waals surface area contributed by atoms with E-state index in [9.17, 15) is 22.8 Å². The largest absolute Gasteiger partial charge is 0.469 e. The number of amides is 2. The molecule has 0 atom stereocenters. The van der Waals surface area contributed by atoms with E-state index < -0.39 is 29.2 Å². The molecule has 0 bridgehead atoms. The Morgan fingerprint density at radius 3 is 2.56 bits per heavy atom. The quantitative estimate of drug-likeness (QED) is 0.425. The van der Waals surface area contributed by atoms with Crippen molar-refractivity contribution in [1.29, 1.82) is 0 Å². The fourth-order valence-corrected chi connectivity index (χ4v) is 4.45. The second kappa shape index (κ2) is 10.7. The van der Waals surface area contributed by atoms with Crippen LogP contribution in [0.2, 0.25) is 5.02 Å². The SMILES string of the molecule is CN1CCN(c2cc(NC(=O)c3ccc(Cl)c(Oc4ncnc5c4OC(C)(C)C(=O)N5)c3)cc(C(F)(F)F)c2)CC1. The Labute approximate surface area is 238 Å². The summed E-state index contributed by atoms with van der Waals surface area (Å²) in [5.74, 6) is -0.937. The molecule has 0 spiro atoms. The van der Waals surface area contributed by atoms with Crippen LogP contribution in [0.25, 0.3) is 0 Å². The molecule has 0 aliphatic carbocycles. The zero-order valence-corrected chi connectivity index (χ0v) is 23.1. The summed E-state index contributed by atoms with van der Waals surface area (Å²) in [6.07, 6.45) is -3.44. The highest BCUT2D eigenvalue weighted by atomic mass is 35.5. The Hall–Kier alpha value is -4.10. The van der Waals surface area contributed by atoms with E-state index in [1.165, 1.54) is 24.3 Å². The van der Waals surface area contributed by atoms with Crippen molar-refractivity contribution in [2.75, 3.05) is 48.8 Å². The normalized spacial score (nSPS) is 16.9. The van der Waals surface area contributed by atoms with Crippen LogP contribution >= 0.6 is 11.6 Å². The fourth-order valence-electron chi connectivity index (χ4n) is 4.30. The van der Waals surface area contributed by atoms with Crippen molar-refractivity contribution in [3.05, 3.63) is 58.9 Å². The summed E-state index contributed by atoms with van der Waals surface area (Å²) in [5, 5.41) is 5.31. The van der Waals surface area contributed by atoms with Crippen LogP contribution in [-0.2, 0) is 11.0 Å². The number of carbonyl (C=O) groups is 2. The van der Waals surface area contributed by atoms with Crippen LogP contribution in [0.4, 0.5) is 30.4 Å². The minimum atomic E-state index is -4.60. The summed E-state index contributed by atoms with van der Waals surface area (Å²) >= 11 is 6.32. The number of rotatable bonds is 5. The maximum absolute atomic E-state index is 13.7. The first kappa shape index (κ1) is 28.4. The first-order valence-corrected chi connectivity index (χ1v) is 13.0. The standard InChI is InChI=1S/C27H26ClF3N6O4/c1-26(2)25(39)35-22-21(41-26)24(33-14-32-22)40-20-10-15(4-5-19(20)28)23(38)34-17-11-16(27(29,30)31)12-18(13-17)37-8-6-36(3)7-9-37/h4-5,10-14H,6-9H2,1-3H3,(H,34,38)(H,32,33,35,39). The molecule has 5 rings (SSSR count). The average Bonchev–Trinajstić information content (AvgIpc) is 2.90. The molecule has 1 aromatic heterocycles. The molecular weight excluding hydrogens is 565 g/mol. The van der Waals surface area contributed by atoms with E-state index >= 15 is 0 Å². The number of anilines is 3. The van der Waals surface area contributed by atoms with Gasteiger partial charge in [0.1, 0.15) is 12.1 Å². The Kier molecular flexibility index (Phi) is 7.43. The summed E-state index contributed by atoms with van der Waals surface area (Å²) in [5.41, 5.74) is -1.66. The maximum Gasteiger partial charge on any atom is 0.416 e. The zero-order valence-electron chi connectivity index (χ0n) is 22.3. The zero-order chi connectivity index (χ0) is 29.5. The number of piperazine rings is 1. The number of likely N-dealkylation sites (N-methyl/N-ethyl adjacent to an activating group) is 1. The molecule has 0 unspecified atom stereocenters. The monoisotopic (exact) mass is 590 g/mol. The lowest BCUT2D eigenvalue weighted by Gasteiger charge is -2.34.